The van der Waals surface area contributed by atoms with Crippen LogP contribution >= 0.6 is 0 Å². The molecule has 1 amide bonds. The molecule has 0 spiro atoms. The number of carbonyl (C=O) groups is 3. The number of amides is 1. The third-order valence-corrected chi connectivity index (χ3v) is 7.92. The number of hydrogen-bond acceptors (Lipinski definition) is 7. The average molecular weight is 699 g/mol. The highest BCUT2D eigenvalue weighted by Gasteiger charge is 2.30. The molecule has 272 valence electrons. The number of pyridine rings is 1. The summed E-state index contributed by atoms with van der Waals surface area (Å²) in [6.45, 7) is 15.1. The number of alkyl halides is 3. The van der Waals surface area contributed by atoms with Crippen LogP contribution in [0.25, 0.3) is 0 Å². The highest BCUT2D eigenvalue weighted by atomic mass is 19.4. The third kappa shape index (κ3) is 15.4. The van der Waals surface area contributed by atoms with E-state index < -0.39 is 35.8 Å². The Morgan fingerprint density at radius 3 is 2.48 bits per heavy atom. The number of aromatic nitrogens is 1. The summed E-state index contributed by atoms with van der Waals surface area (Å²) in [7, 11) is 0. The SMILES string of the molecule is C=C(C/C(C)=C/COC(=O)NCc1ccc(C(F)(F)F)cn1)[C@@H](O)[C@H](C)C(=O)[C@H](C)/C=C(C)/C=C/C[C@@H](C)/C=C(C)\C=C\[C@H]1CC=CC(=O)O1. The second-order valence-corrected chi connectivity index (χ2v) is 12.7. The molecule has 50 heavy (non-hydrogen) atoms. The summed E-state index contributed by atoms with van der Waals surface area (Å²) in [6, 6.07) is 2.06. The summed E-state index contributed by atoms with van der Waals surface area (Å²) in [5.74, 6) is -1.28. The average Bonchev–Trinajstić information content (AvgIpc) is 3.05. The number of esters is 1. The van der Waals surface area contributed by atoms with Crippen molar-refractivity contribution in [3.63, 3.8) is 0 Å². The van der Waals surface area contributed by atoms with Gasteiger partial charge in [-0.1, -0.05) is 80.5 Å². The Kier molecular flexibility index (Phi) is 16.9. The van der Waals surface area contributed by atoms with Crippen molar-refractivity contribution in [1.29, 1.82) is 0 Å². The van der Waals surface area contributed by atoms with E-state index in [0.717, 1.165) is 29.2 Å². The van der Waals surface area contributed by atoms with Gasteiger partial charge in [0.25, 0.3) is 0 Å². The van der Waals surface area contributed by atoms with Gasteiger partial charge >= 0.3 is 18.2 Å². The highest BCUT2D eigenvalue weighted by molar-refractivity contribution is 5.85. The van der Waals surface area contributed by atoms with Gasteiger partial charge in [0, 0.05) is 30.5 Å². The van der Waals surface area contributed by atoms with Crippen LogP contribution in [0, 0.1) is 17.8 Å². The molecule has 0 unspecified atom stereocenters. The number of aliphatic hydroxyl groups excluding tert-OH is 1. The minimum absolute atomic E-state index is 0.0761. The normalized spacial score (nSPS) is 18.5. The van der Waals surface area contributed by atoms with Crippen LogP contribution in [0.2, 0.25) is 0 Å². The predicted octanol–water partition coefficient (Wildman–Crippen LogP) is 8.32. The summed E-state index contributed by atoms with van der Waals surface area (Å²) in [6.07, 6.45) is 12.7. The molecular formula is C39H49F3N2O6. The molecule has 2 heterocycles. The molecule has 0 aromatic carbocycles. The monoisotopic (exact) mass is 698 g/mol. The zero-order chi connectivity index (χ0) is 37.4. The zero-order valence-electron chi connectivity index (χ0n) is 29.6. The molecule has 1 aromatic rings. The number of rotatable bonds is 17. The molecule has 1 aliphatic heterocycles. The number of ketones is 1. The number of allylic oxidation sites excluding steroid dienone is 8. The number of cyclic esters (lactones) is 1. The molecule has 1 aliphatic rings. The molecule has 2 rings (SSSR count). The van der Waals surface area contributed by atoms with Gasteiger partial charge < -0.3 is 19.9 Å². The van der Waals surface area contributed by atoms with Gasteiger partial charge in [-0.05, 0) is 69.4 Å². The van der Waals surface area contributed by atoms with Crippen LogP contribution in [0.3, 0.4) is 0 Å². The molecule has 0 bridgehead atoms. The standard InChI is InChI=1S/C39H49F3N2O6/c1-25(20-27(3)14-17-34-12-9-13-35(45)50-34)10-8-11-26(2)21-29(5)36(46)31(7)37(47)30(6)22-28(4)18-19-49-38(48)44-24-33-16-15-32(23-43-33)39(40,41)42/h8-9,11,13-18,20-21,23,25,29,31,34,37,47H,6,10,12,19,22,24H2,1-5,7H3,(H,44,48)/b11-8+,17-14+,26-21+,27-20-,28-18+/t25-,29-,31-,34-,37-/m1/s1. The number of carbonyl (C=O) groups excluding carboxylic acids is 3. The fraction of sp³-hybridized carbons (Fsp3) is 0.436. The Hall–Kier alpha value is -4.51. The molecule has 5 atom stereocenters. The molecule has 2 N–H and O–H groups in total. The van der Waals surface area contributed by atoms with E-state index in [9.17, 15) is 32.7 Å². The summed E-state index contributed by atoms with van der Waals surface area (Å²) >= 11 is 0. The molecule has 0 radical (unpaired) electrons. The van der Waals surface area contributed by atoms with Crippen molar-refractivity contribution in [2.24, 2.45) is 17.8 Å². The number of halogens is 3. The van der Waals surface area contributed by atoms with Crippen molar-refractivity contribution in [2.75, 3.05) is 6.61 Å². The minimum atomic E-state index is -4.49. The van der Waals surface area contributed by atoms with Crippen LogP contribution in [0.5, 0.6) is 0 Å². The Morgan fingerprint density at radius 1 is 1.14 bits per heavy atom. The summed E-state index contributed by atoms with van der Waals surface area (Å²) in [4.78, 5) is 40.2. The van der Waals surface area contributed by atoms with Gasteiger partial charge in [-0.2, -0.15) is 13.2 Å². The van der Waals surface area contributed by atoms with Gasteiger partial charge in [-0.3, -0.25) is 9.78 Å². The van der Waals surface area contributed by atoms with Crippen molar-refractivity contribution < 1.29 is 42.1 Å². The van der Waals surface area contributed by atoms with E-state index in [1.54, 1.807) is 26.8 Å². The van der Waals surface area contributed by atoms with Crippen molar-refractivity contribution in [3.05, 3.63) is 113 Å². The number of nitrogens with zero attached hydrogens (tertiary/aromatic N) is 1. The Morgan fingerprint density at radius 2 is 1.84 bits per heavy atom. The first-order chi connectivity index (χ1) is 23.5. The van der Waals surface area contributed by atoms with E-state index >= 15 is 0 Å². The Labute approximate surface area is 293 Å². The molecule has 1 aromatic heterocycles. The van der Waals surface area contributed by atoms with Gasteiger partial charge in [-0.25, -0.2) is 9.59 Å². The Balaban J connectivity index is 1.77. The van der Waals surface area contributed by atoms with Crippen LogP contribution < -0.4 is 5.32 Å². The quantitative estimate of drug-likeness (QED) is 0.0955. The van der Waals surface area contributed by atoms with Crippen LogP contribution in [-0.2, 0) is 31.8 Å². The van der Waals surface area contributed by atoms with Crippen molar-refractivity contribution in [3.8, 4) is 0 Å². The zero-order valence-corrected chi connectivity index (χ0v) is 29.6. The first kappa shape index (κ1) is 41.7. The fourth-order valence-electron chi connectivity index (χ4n) is 5.11. The van der Waals surface area contributed by atoms with Crippen molar-refractivity contribution >= 4 is 17.8 Å². The lowest BCUT2D eigenvalue weighted by atomic mass is 9.85. The molecule has 0 saturated carbocycles. The second-order valence-electron chi connectivity index (χ2n) is 12.7. The maximum atomic E-state index is 13.1. The number of ether oxygens (including phenoxy) is 2. The molecule has 11 heteroatoms. The fourth-order valence-corrected chi connectivity index (χ4v) is 5.11. The van der Waals surface area contributed by atoms with E-state index in [0.29, 0.717) is 24.6 Å². The summed E-state index contributed by atoms with van der Waals surface area (Å²) < 4.78 is 48.3. The van der Waals surface area contributed by atoms with Crippen LogP contribution in [0.15, 0.2) is 102 Å². The largest absolute Gasteiger partial charge is 0.455 e. The third-order valence-electron chi connectivity index (χ3n) is 7.92. The van der Waals surface area contributed by atoms with Gasteiger partial charge in [0.15, 0.2) is 0 Å². The van der Waals surface area contributed by atoms with E-state index in [1.165, 1.54) is 12.1 Å². The first-order valence-electron chi connectivity index (χ1n) is 16.5. The molecule has 8 nitrogen and oxygen atoms in total. The van der Waals surface area contributed by atoms with Crippen LogP contribution in [-0.4, -0.2) is 46.8 Å². The summed E-state index contributed by atoms with van der Waals surface area (Å²) in [5, 5.41) is 13.3. The maximum Gasteiger partial charge on any atom is 0.417 e. The molecular weight excluding hydrogens is 649 g/mol. The van der Waals surface area contributed by atoms with E-state index in [1.807, 2.05) is 44.2 Å². The van der Waals surface area contributed by atoms with Gasteiger partial charge in [0.1, 0.15) is 18.5 Å². The van der Waals surface area contributed by atoms with Crippen LogP contribution in [0.4, 0.5) is 18.0 Å². The number of alkyl carbamates (subject to hydrolysis) is 1. The first-order valence-corrected chi connectivity index (χ1v) is 16.5. The molecule has 0 aliphatic carbocycles. The van der Waals surface area contributed by atoms with Crippen LogP contribution in [0.1, 0.15) is 72.1 Å². The van der Waals surface area contributed by atoms with Crippen molar-refractivity contribution in [1.82, 2.24) is 10.3 Å². The van der Waals surface area contributed by atoms with Gasteiger partial charge in [-0.15, -0.1) is 0 Å². The maximum absolute atomic E-state index is 13.1. The second kappa shape index (κ2) is 20.2. The number of Topliss-reactive ketones (excluding diaryl/α,β-unsaturated/α-hetero) is 1. The van der Waals surface area contributed by atoms with Crippen molar-refractivity contribution in [2.45, 2.75) is 85.7 Å². The molecule has 0 fully saturated rings. The minimum Gasteiger partial charge on any atom is -0.455 e. The highest BCUT2D eigenvalue weighted by Crippen LogP contribution is 2.28. The Bertz CT molecular complexity index is 1520. The van der Waals surface area contributed by atoms with Gasteiger partial charge in [0.05, 0.1) is 23.9 Å². The topological polar surface area (TPSA) is 115 Å². The predicted molar refractivity (Wildman–Crippen MR) is 187 cm³/mol. The number of hydrogen-bond donors (Lipinski definition) is 2. The van der Waals surface area contributed by atoms with E-state index in [-0.39, 0.29) is 42.6 Å². The van der Waals surface area contributed by atoms with E-state index in [2.05, 4.69) is 36.0 Å². The lowest BCUT2D eigenvalue weighted by Crippen LogP contribution is -2.30. The number of aliphatic hydroxyl groups is 1. The van der Waals surface area contributed by atoms with Gasteiger partial charge in [0.2, 0.25) is 0 Å². The lowest BCUT2D eigenvalue weighted by molar-refractivity contribution is -0.141. The lowest BCUT2D eigenvalue weighted by Gasteiger charge is -2.22. The summed E-state index contributed by atoms with van der Waals surface area (Å²) in [5.41, 5.74) is 2.59. The number of nitrogens with one attached hydrogen (secondary N) is 1. The van der Waals surface area contributed by atoms with E-state index in [4.69, 9.17) is 9.47 Å². The molecule has 0 saturated heterocycles. The smallest absolute Gasteiger partial charge is 0.417 e.